The fourth-order valence-corrected chi connectivity index (χ4v) is 2.49. The van der Waals surface area contributed by atoms with Gasteiger partial charge in [-0.2, -0.15) is 0 Å². The summed E-state index contributed by atoms with van der Waals surface area (Å²) in [5.41, 5.74) is -0.813. The van der Waals surface area contributed by atoms with Crippen molar-refractivity contribution in [3.8, 4) is 0 Å². The van der Waals surface area contributed by atoms with Crippen molar-refractivity contribution in [1.82, 2.24) is 9.47 Å². The summed E-state index contributed by atoms with van der Waals surface area (Å²) in [6.07, 6.45) is 1.01. The third-order valence-corrected chi connectivity index (χ3v) is 3.77. The van der Waals surface area contributed by atoms with Crippen LogP contribution in [-0.2, 0) is 16.1 Å². The number of pyridine rings is 1. The Kier molecular flexibility index (Phi) is 4.25. The Morgan fingerprint density at radius 1 is 1.41 bits per heavy atom. The van der Waals surface area contributed by atoms with Crippen molar-refractivity contribution in [3.05, 3.63) is 38.8 Å². The van der Waals surface area contributed by atoms with Gasteiger partial charge in [0.05, 0.1) is 17.0 Å². The van der Waals surface area contributed by atoms with Crippen LogP contribution in [0.5, 0.6) is 0 Å². The molecule has 2 rings (SSSR count). The second-order valence-electron chi connectivity index (χ2n) is 5.33. The van der Waals surface area contributed by atoms with Gasteiger partial charge in [-0.15, -0.1) is 0 Å². The van der Waals surface area contributed by atoms with Gasteiger partial charge in [0.2, 0.25) is 5.91 Å². The van der Waals surface area contributed by atoms with Gasteiger partial charge in [-0.25, -0.2) is 0 Å². The Balaban J connectivity index is 2.13. The first-order valence-electron chi connectivity index (χ1n) is 6.65. The van der Waals surface area contributed by atoms with E-state index in [1.807, 2.05) is 0 Å². The van der Waals surface area contributed by atoms with E-state index in [9.17, 15) is 24.5 Å². The number of amides is 1. The predicted molar refractivity (Wildman–Crippen MR) is 74.2 cm³/mol. The van der Waals surface area contributed by atoms with Crippen LogP contribution in [0.15, 0.2) is 23.1 Å². The number of hydrogen-bond acceptors (Lipinski definition) is 5. The summed E-state index contributed by atoms with van der Waals surface area (Å²) in [5, 5.41) is 19.7. The van der Waals surface area contributed by atoms with Crippen LogP contribution in [-0.4, -0.2) is 44.5 Å². The van der Waals surface area contributed by atoms with Gasteiger partial charge in [0.1, 0.15) is 6.54 Å². The Morgan fingerprint density at radius 2 is 2.09 bits per heavy atom. The van der Waals surface area contributed by atoms with Gasteiger partial charge in [-0.3, -0.25) is 29.1 Å². The number of rotatable bonds is 4. The van der Waals surface area contributed by atoms with Crippen LogP contribution in [0.4, 0.5) is 5.69 Å². The second-order valence-corrected chi connectivity index (χ2v) is 5.33. The van der Waals surface area contributed by atoms with Gasteiger partial charge in [0.25, 0.3) is 11.2 Å². The maximum atomic E-state index is 12.2. The van der Waals surface area contributed by atoms with Crippen molar-refractivity contribution in [2.24, 2.45) is 11.8 Å². The first-order chi connectivity index (χ1) is 10.3. The lowest BCUT2D eigenvalue weighted by Crippen LogP contribution is -2.35. The van der Waals surface area contributed by atoms with Crippen molar-refractivity contribution in [2.75, 3.05) is 13.1 Å². The summed E-state index contributed by atoms with van der Waals surface area (Å²) in [6.45, 7) is 1.77. The minimum absolute atomic E-state index is 0.0824. The van der Waals surface area contributed by atoms with E-state index >= 15 is 0 Å². The smallest absolute Gasteiger partial charge is 0.308 e. The van der Waals surface area contributed by atoms with Crippen LogP contribution in [0, 0.1) is 22.0 Å². The molecule has 1 aliphatic heterocycles. The lowest BCUT2D eigenvalue weighted by atomic mass is 9.99. The van der Waals surface area contributed by atoms with Crippen LogP contribution < -0.4 is 5.56 Å². The van der Waals surface area contributed by atoms with Crippen molar-refractivity contribution in [1.29, 1.82) is 0 Å². The van der Waals surface area contributed by atoms with Crippen LogP contribution >= 0.6 is 0 Å². The normalized spacial score (nSPS) is 20.9. The van der Waals surface area contributed by atoms with Crippen molar-refractivity contribution in [3.63, 3.8) is 0 Å². The number of carboxylic acids is 1. The maximum absolute atomic E-state index is 12.2. The zero-order valence-electron chi connectivity index (χ0n) is 11.8. The third-order valence-electron chi connectivity index (χ3n) is 3.77. The molecule has 1 amide bonds. The molecule has 0 spiro atoms. The summed E-state index contributed by atoms with van der Waals surface area (Å²) in [4.78, 5) is 46.3. The molecule has 0 aliphatic carbocycles. The fourth-order valence-electron chi connectivity index (χ4n) is 2.49. The molecule has 118 valence electrons. The monoisotopic (exact) mass is 309 g/mol. The molecule has 0 bridgehead atoms. The molecule has 9 nitrogen and oxygen atoms in total. The van der Waals surface area contributed by atoms with Gasteiger partial charge in [0, 0.05) is 25.2 Å². The minimum Gasteiger partial charge on any atom is -0.481 e. The zero-order valence-corrected chi connectivity index (χ0v) is 11.8. The number of carboxylic acid groups (broad SMARTS) is 1. The molecule has 9 heteroatoms. The first kappa shape index (κ1) is 15.7. The van der Waals surface area contributed by atoms with Gasteiger partial charge >= 0.3 is 5.97 Å². The van der Waals surface area contributed by atoms with E-state index < -0.39 is 28.3 Å². The SMILES string of the molecule is C[C@@H]1CN(C(=O)Cn2cc([N+](=O)[O-])ccc2=O)C[C@H]1C(=O)O. The molecule has 0 radical (unpaired) electrons. The first-order valence-corrected chi connectivity index (χ1v) is 6.65. The third kappa shape index (κ3) is 3.13. The van der Waals surface area contributed by atoms with E-state index in [-0.39, 0.29) is 24.7 Å². The van der Waals surface area contributed by atoms with Gasteiger partial charge in [-0.05, 0) is 5.92 Å². The molecule has 1 aliphatic rings. The van der Waals surface area contributed by atoms with Crippen LogP contribution in [0.2, 0.25) is 0 Å². The number of aliphatic carboxylic acids is 1. The molecular weight excluding hydrogens is 294 g/mol. The predicted octanol–water partition coefficient (Wildman–Crippen LogP) is -0.0644. The summed E-state index contributed by atoms with van der Waals surface area (Å²) in [5.74, 6) is -2.21. The molecule has 0 aromatic carbocycles. The number of nitrogens with zero attached hydrogens (tertiary/aromatic N) is 3. The molecule has 0 saturated carbocycles. The zero-order chi connectivity index (χ0) is 16.4. The molecule has 1 aromatic heterocycles. The molecular formula is C13H15N3O6. The largest absolute Gasteiger partial charge is 0.481 e. The van der Waals surface area contributed by atoms with E-state index in [4.69, 9.17) is 5.11 Å². The molecule has 0 unspecified atom stereocenters. The van der Waals surface area contributed by atoms with Crippen molar-refractivity contribution in [2.45, 2.75) is 13.5 Å². The standard InChI is InChI=1S/C13H15N3O6/c1-8-4-14(6-10(8)13(19)20)12(18)7-15-5-9(16(21)22)2-3-11(15)17/h2-3,5,8,10H,4,6-7H2,1H3,(H,19,20)/t8-,10-/m1/s1. The Hall–Kier alpha value is -2.71. The summed E-state index contributed by atoms with van der Waals surface area (Å²) in [6, 6.07) is 2.10. The number of likely N-dealkylation sites (tertiary alicyclic amines) is 1. The number of carbonyl (C=O) groups is 2. The highest BCUT2D eigenvalue weighted by Gasteiger charge is 2.36. The molecule has 1 saturated heterocycles. The summed E-state index contributed by atoms with van der Waals surface area (Å²) in [7, 11) is 0. The minimum atomic E-state index is -0.963. The number of hydrogen-bond donors (Lipinski definition) is 1. The van der Waals surface area contributed by atoms with Crippen LogP contribution in [0.1, 0.15) is 6.92 Å². The molecule has 2 atom stereocenters. The van der Waals surface area contributed by atoms with Gasteiger partial charge in [0.15, 0.2) is 0 Å². The van der Waals surface area contributed by atoms with E-state index in [2.05, 4.69) is 0 Å². The number of carbonyl (C=O) groups excluding carboxylic acids is 1. The van der Waals surface area contributed by atoms with Crippen molar-refractivity contribution >= 4 is 17.6 Å². The molecule has 1 N–H and O–H groups in total. The summed E-state index contributed by atoms with van der Waals surface area (Å²) < 4.78 is 0.958. The highest BCUT2D eigenvalue weighted by molar-refractivity contribution is 5.78. The lowest BCUT2D eigenvalue weighted by molar-refractivity contribution is -0.385. The number of nitro groups is 1. The second kappa shape index (κ2) is 5.96. The number of aromatic nitrogens is 1. The topological polar surface area (TPSA) is 123 Å². The summed E-state index contributed by atoms with van der Waals surface area (Å²) >= 11 is 0. The van der Waals surface area contributed by atoms with E-state index in [0.29, 0.717) is 6.54 Å². The Morgan fingerprint density at radius 3 is 2.64 bits per heavy atom. The quantitative estimate of drug-likeness (QED) is 0.613. The fraction of sp³-hybridized carbons (Fsp3) is 0.462. The average Bonchev–Trinajstić information content (AvgIpc) is 2.83. The van der Waals surface area contributed by atoms with Crippen LogP contribution in [0.25, 0.3) is 0 Å². The molecule has 22 heavy (non-hydrogen) atoms. The van der Waals surface area contributed by atoms with E-state index in [1.165, 1.54) is 4.90 Å². The van der Waals surface area contributed by atoms with Crippen LogP contribution in [0.3, 0.4) is 0 Å². The van der Waals surface area contributed by atoms with E-state index in [1.54, 1.807) is 6.92 Å². The lowest BCUT2D eigenvalue weighted by Gasteiger charge is -2.16. The van der Waals surface area contributed by atoms with Gasteiger partial charge < -0.3 is 10.0 Å². The highest BCUT2D eigenvalue weighted by atomic mass is 16.6. The van der Waals surface area contributed by atoms with Crippen molar-refractivity contribution < 1.29 is 19.6 Å². The molecule has 2 heterocycles. The molecule has 1 fully saturated rings. The maximum Gasteiger partial charge on any atom is 0.308 e. The van der Waals surface area contributed by atoms with E-state index in [0.717, 1.165) is 22.9 Å². The van der Waals surface area contributed by atoms with Gasteiger partial charge in [-0.1, -0.05) is 6.92 Å². The molecule has 1 aromatic rings. The Labute approximate surface area is 124 Å². The average molecular weight is 309 g/mol. The highest BCUT2D eigenvalue weighted by Crippen LogP contribution is 2.23. The Bertz CT molecular complexity index is 683.